The molecule has 2 aromatic carbocycles. The summed E-state index contributed by atoms with van der Waals surface area (Å²) in [6.45, 7) is 4.27. The predicted molar refractivity (Wildman–Crippen MR) is 81.2 cm³/mol. The summed E-state index contributed by atoms with van der Waals surface area (Å²) in [6.07, 6.45) is 0. The second-order valence-electron chi connectivity index (χ2n) is 5.33. The Labute approximate surface area is 125 Å². The van der Waals surface area contributed by atoms with Gasteiger partial charge in [-0.15, -0.1) is 0 Å². The number of carbonyl (C=O) groups excluding carboxylic acids is 1. The van der Waals surface area contributed by atoms with E-state index >= 15 is 0 Å². The molecule has 0 radical (unpaired) electrons. The lowest BCUT2D eigenvalue weighted by atomic mass is 9.68. The number of carbonyl (C=O) groups is 1. The van der Waals surface area contributed by atoms with Gasteiger partial charge in [0.2, 0.25) is 0 Å². The minimum Gasteiger partial charge on any atom is -0.289 e. The molecule has 0 N–H and O–H groups in total. The average Bonchev–Trinajstić information content (AvgIpc) is 2.36. The molecule has 1 aliphatic carbocycles. The van der Waals surface area contributed by atoms with E-state index in [1.165, 1.54) is 0 Å². The number of hydrogen-bond donors (Lipinski definition) is 0. The summed E-state index contributed by atoms with van der Waals surface area (Å²) in [4.78, 5) is 12.6. The zero-order valence-electron chi connectivity index (χ0n) is 10.6. The Morgan fingerprint density at radius 1 is 1.00 bits per heavy atom. The van der Waals surface area contributed by atoms with Crippen molar-refractivity contribution in [2.45, 2.75) is 19.3 Å². The lowest BCUT2D eigenvalue weighted by Crippen LogP contribution is -2.30. The van der Waals surface area contributed by atoms with Gasteiger partial charge in [-0.25, -0.2) is 0 Å². The first-order valence-electron chi connectivity index (χ1n) is 6.06. The van der Waals surface area contributed by atoms with Crippen molar-refractivity contribution in [3.63, 3.8) is 0 Å². The molecule has 0 unspecified atom stereocenters. The zero-order valence-corrected chi connectivity index (χ0v) is 13.0. The average molecular weight is 336 g/mol. The van der Waals surface area contributed by atoms with Crippen molar-refractivity contribution in [1.82, 2.24) is 0 Å². The first-order chi connectivity index (χ1) is 8.91. The van der Waals surface area contributed by atoms with Gasteiger partial charge < -0.3 is 0 Å². The molecule has 0 saturated carbocycles. The molecule has 0 aliphatic heterocycles. The Hall–Kier alpha value is -1.12. The molecule has 0 spiro atoms. The van der Waals surface area contributed by atoms with Gasteiger partial charge in [0, 0.05) is 26.0 Å². The third-order valence-electron chi connectivity index (χ3n) is 3.80. The van der Waals surface area contributed by atoms with Crippen LogP contribution in [0.25, 0.3) is 0 Å². The first kappa shape index (κ1) is 12.9. The van der Waals surface area contributed by atoms with E-state index in [2.05, 4.69) is 29.8 Å². The minimum absolute atomic E-state index is 0.0549. The second-order valence-corrected chi connectivity index (χ2v) is 6.69. The number of hydrogen-bond acceptors (Lipinski definition) is 1. The fourth-order valence-corrected chi connectivity index (χ4v) is 3.30. The Kier molecular flexibility index (Phi) is 2.84. The smallest absolute Gasteiger partial charge is 0.193 e. The summed E-state index contributed by atoms with van der Waals surface area (Å²) in [5, 5.41) is 0.600. The lowest BCUT2D eigenvalue weighted by Gasteiger charge is -2.34. The van der Waals surface area contributed by atoms with Crippen LogP contribution in [0.5, 0.6) is 0 Å². The Morgan fingerprint density at radius 2 is 1.74 bits per heavy atom. The van der Waals surface area contributed by atoms with Crippen molar-refractivity contribution >= 4 is 33.3 Å². The molecule has 1 nitrogen and oxygen atoms in total. The van der Waals surface area contributed by atoms with Gasteiger partial charge in [-0.3, -0.25) is 4.79 Å². The van der Waals surface area contributed by atoms with Crippen molar-refractivity contribution in [1.29, 1.82) is 0 Å². The summed E-state index contributed by atoms with van der Waals surface area (Å²) in [7, 11) is 0. The van der Waals surface area contributed by atoms with Crippen LogP contribution in [0.15, 0.2) is 40.9 Å². The van der Waals surface area contributed by atoms with Gasteiger partial charge in [0.15, 0.2) is 5.78 Å². The Bertz CT molecular complexity index is 704. The third kappa shape index (κ3) is 1.86. The Balaban J connectivity index is 2.36. The molecular formula is C16H12BrClO. The highest BCUT2D eigenvalue weighted by atomic mass is 79.9. The summed E-state index contributed by atoms with van der Waals surface area (Å²) in [5.41, 5.74) is 3.37. The highest BCUT2D eigenvalue weighted by molar-refractivity contribution is 9.10. The molecule has 96 valence electrons. The molecule has 0 heterocycles. The summed E-state index contributed by atoms with van der Waals surface area (Å²) < 4.78 is 0.990. The maximum atomic E-state index is 12.6. The number of fused-ring (bicyclic) bond motifs is 2. The van der Waals surface area contributed by atoms with Crippen LogP contribution in [0.2, 0.25) is 5.02 Å². The van der Waals surface area contributed by atoms with E-state index < -0.39 is 0 Å². The van der Waals surface area contributed by atoms with Crippen molar-refractivity contribution < 1.29 is 4.79 Å². The van der Waals surface area contributed by atoms with Crippen LogP contribution < -0.4 is 0 Å². The van der Waals surface area contributed by atoms with Gasteiger partial charge in [-0.05, 0) is 41.5 Å². The molecule has 0 fully saturated rings. The number of benzene rings is 2. The minimum atomic E-state index is -0.201. The molecule has 0 aromatic heterocycles. The molecule has 0 amide bonds. The van der Waals surface area contributed by atoms with Crippen molar-refractivity contribution in [3.05, 3.63) is 68.1 Å². The number of halogens is 2. The highest BCUT2D eigenvalue weighted by Crippen LogP contribution is 2.42. The highest BCUT2D eigenvalue weighted by Gasteiger charge is 2.36. The molecule has 19 heavy (non-hydrogen) atoms. The van der Waals surface area contributed by atoms with E-state index in [-0.39, 0.29) is 11.2 Å². The van der Waals surface area contributed by atoms with Crippen LogP contribution in [0.1, 0.15) is 40.9 Å². The van der Waals surface area contributed by atoms with Crippen LogP contribution in [0, 0.1) is 0 Å². The van der Waals surface area contributed by atoms with Crippen LogP contribution in [-0.2, 0) is 5.41 Å². The van der Waals surface area contributed by atoms with E-state index in [0.29, 0.717) is 10.6 Å². The van der Waals surface area contributed by atoms with Crippen molar-refractivity contribution in [3.8, 4) is 0 Å². The van der Waals surface area contributed by atoms with E-state index in [4.69, 9.17) is 11.6 Å². The monoisotopic (exact) mass is 334 g/mol. The lowest BCUT2D eigenvalue weighted by molar-refractivity contribution is 0.103. The fourth-order valence-electron chi connectivity index (χ4n) is 2.77. The van der Waals surface area contributed by atoms with Crippen LogP contribution in [-0.4, -0.2) is 5.78 Å². The molecular weight excluding hydrogens is 324 g/mol. The van der Waals surface area contributed by atoms with Crippen LogP contribution in [0.3, 0.4) is 0 Å². The largest absolute Gasteiger partial charge is 0.289 e. The van der Waals surface area contributed by atoms with Crippen LogP contribution in [0.4, 0.5) is 0 Å². The number of ketones is 1. The summed E-state index contributed by atoms with van der Waals surface area (Å²) in [5.74, 6) is 0.0549. The van der Waals surface area contributed by atoms with Gasteiger partial charge in [-0.1, -0.05) is 47.4 Å². The van der Waals surface area contributed by atoms with E-state index in [1.54, 1.807) is 6.07 Å². The number of rotatable bonds is 0. The molecule has 2 aromatic rings. The quantitative estimate of drug-likeness (QED) is 0.664. The van der Waals surface area contributed by atoms with Crippen molar-refractivity contribution in [2.75, 3.05) is 0 Å². The van der Waals surface area contributed by atoms with Gasteiger partial charge in [0.05, 0.1) is 0 Å². The van der Waals surface area contributed by atoms with Crippen LogP contribution >= 0.6 is 27.5 Å². The molecule has 0 saturated heterocycles. The van der Waals surface area contributed by atoms with E-state index in [0.717, 1.165) is 21.2 Å². The summed E-state index contributed by atoms with van der Waals surface area (Å²) in [6, 6.07) is 11.4. The normalized spacial score (nSPS) is 15.9. The maximum Gasteiger partial charge on any atom is 0.193 e. The van der Waals surface area contributed by atoms with Gasteiger partial charge in [0.1, 0.15) is 0 Å². The molecule has 3 rings (SSSR count). The van der Waals surface area contributed by atoms with E-state index in [9.17, 15) is 4.79 Å². The topological polar surface area (TPSA) is 17.1 Å². The summed E-state index contributed by atoms with van der Waals surface area (Å²) >= 11 is 9.51. The zero-order chi connectivity index (χ0) is 13.8. The van der Waals surface area contributed by atoms with Crippen molar-refractivity contribution in [2.24, 2.45) is 0 Å². The standard InChI is InChI=1S/C16H12BrClO/c1-16(2)13-6-4-10(18)8-12(13)15(19)11-5-3-9(17)7-14(11)16/h3-8H,1-2H3. The molecule has 1 aliphatic rings. The van der Waals surface area contributed by atoms with Gasteiger partial charge >= 0.3 is 0 Å². The maximum absolute atomic E-state index is 12.6. The molecule has 3 heteroatoms. The SMILES string of the molecule is CC1(C)c2ccc(Cl)cc2C(=O)c2ccc(Br)cc21. The second kappa shape index (κ2) is 4.19. The third-order valence-corrected chi connectivity index (χ3v) is 4.53. The Morgan fingerprint density at radius 3 is 2.47 bits per heavy atom. The molecule has 0 atom stereocenters. The molecule has 0 bridgehead atoms. The first-order valence-corrected chi connectivity index (χ1v) is 7.23. The predicted octanol–water partition coefficient (Wildman–Crippen LogP) is 4.97. The van der Waals surface area contributed by atoms with Gasteiger partial charge in [0.25, 0.3) is 0 Å². The van der Waals surface area contributed by atoms with Gasteiger partial charge in [-0.2, -0.15) is 0 Å². The van der Waals surface area contributed by atoms with E-state index in [1.807, 2.05) is 30.3 Å². The fraction of sp³-hybridized carbons (Fsp3) is 0.188.